The van der Waals surface area contributed by atoms with Crippen LogP contribution in [0.1, 0.15) is 110 Å². The standard InChI is InChI=1S/C28H45FO2S/c1-3-5-7-8-9-11-13-25(29)22-30-26-18-20-27(21-19-26)31-28(32)24-16-14-23(15-17-24)12-10-6-4-2/h18-21,23-25H,3-17,22H2,1-2H3/t23-,24-,25-/m0/s1. The zero-order valence-electron chi connectivity index (χ0n) is 20.5. The molecule has 0 saturated heterocycles. The molecule has 0 N–H and O–H groups in total. The molecule has 0 unspecified atom stereocenters. The molecule has 2 rings (SSSR count). The van der Waals surface area contributed by atoms with E-state index in [0.29, 0.717) is 23.1 Å². The lowest BCUT2D eigenvalue weighted by atomic mass is 9.80. The van der Waals surface area contributed by atoms with E-state index in [0.717, 1.165) is 37.4 Å². The smallest absolute Gasteiger partial charge is 0.170 e. The Balaban J connectivity index is 1.61. The summed E-state index contributed by atoms with van der Waals surface area (Å²) in [5.74, 6) is 2.69. The summed E-state index contributed by atoms with van der Waals surface area (Å²) >= 11 is 5.59. The van der Waals surface area contributed by atoms with Gasteiger partial charge in [0.25, 0.3) is 0 Å². The van der Waals surface area contributed by atoms with Crippen LogP contribution in [0.25, 0.3) is 0 Å². The molecule has 1 saturated carbocycles. The van der Waals surface area contributed by atoms with Gasteiger partial charge in [-0.2, -0.15) is 0 Å². The van der Waals surface area contributed by atoms with E-state index in [1.807, 2.05) is 24.3 Å². The summed E-state index contributed by atoms with van der Waals surface area (Å²) in [6.45, 7) is 4.60. The molecule has 0 aliphatic heterocycles. The van der Waals surface area contributed by atoms with Crippen molar-refractivity contribution in [3.63, 3.8) is 0 Å². The summed E-state index contributed by atoms with van der Waals surface area (Å²) in [5.41, 5.74) is 0. The molecule has 0 bridgehead atoms. The maximum atomic E-state index is 14.1. The fourth-order valence-corrected chi connectivity index (χ4v) is 4.92. The van der Waals surface area contributed by atoms with Crippen molar-refractivity contribution in [2.45, 2.75) is 116 Å². The number of halogens is 1. The van der Waals surface area contributed by atoms with Crippen LogP contribution in [0, 0.1) is 11.8 Å². The van der Waals surface area contributed by atoms with Gasteiger partial charge in [-0.1, -0.05) is 78.1 Å². The number of alkyl halides is 1. The Bertz CT molecular complexity index is 610. The number of hydrogen-bond acceptors (Lipinski definition) is 3. The lowest BCUT2D eigenvalue weighted by Crippen LogP contribution is -2.24. The Morgan fingerprint density at radius 1 is 0.875 bits per heavy atom. The van der Waals surface area contributed by atoms with Crippen molar-refractivity contribution in [1.82, 2.24) is 0 Å². The van der Waals surface area contributed by atoms with Gasteiger partial charge in [0, 0.05) is 5.92 Å². The van der Waals surface area contributed by atoms with Crippen molar-refractivity contribution in [3.05, 3.63) is 24.3 Å². The average molecular weight is 465 g/mol. The molecule has 0 heterocycles. The van der Waals surface area contributed by atoms with Gasteiger partial charge < -0.3 is 9.47 Å². The SMILES string of the molecule is CCCCCCCC[C@H](F)COc1ccc(OC(=S)[C@H]2CC[C@H](CCCCC)CC2)cc1. The Labute approximate surface area is 201 Å². The average Bonchev–Trinajstić information content (AvgIpc) is 2.81. The van der Waals surface area contributed by atoms with Gasteiger partial charge in [-0.05, 0) is 74.5 Å². The summed E-state index contributed by atoms with van der Waals surface area (Å²) < 4.78 is 25.7. The largest absolute Gasteiger partial charge is 0.491 e. The minimum absolute atomic E-state index is 0.120. The van der Waals surface area contributed by atoms with Crippen molar-refractivity contribution in [1.29, 1.82) is 0 Å². The molecule has 1 aromatic rings. The monoisotopic (exact) mass is 464 g/mol. The van der Waals surface area contributed by atoms with E-state index >= 15 is 0 Å². The predicted octanol–water partition coefficient (Wildman–Crippen LogP) is 9.25. The molecule has 2 nitrogen and oxygen atoms in total. The van der Waals surface area contributed by atoms with Gasteiger partial charge in [0.2, 0.25) is 0 Å². The highest BCUT2D eigenvalue weighted by molar-refractivity contribution is 7.80. The molecule has 1 aliphatic carbocycles. The van der Waals surface area contributed by atoms with Crippen molar-refractivity contribution in [3.8, 4) is 11.5 Å². The van der Waals surface area contributed by atoms with Gasteiger partial charge in [-0.3, -0.25) is 0 Å². The summed E-state index contributed by atoms with van der Waals surface area (Å²) in [4.78, 5) is 0. The molecule has 182 valence electrons. The van der Waals surface area contributed by atoms with Crippen LogP contribution in [-0.2, 0) is 0 Å². The fraction of sp³-hybridized carbons (Fsp3) is 0.750. The van der Waals surface area contributed by atoms with Gasteiger partial charge in [-0.25, -0.2) is 4.39 Å². The summed E-state index contributed by atoms with van der Waals surface area (Å²) in [5, 5.41) is 0.716. The molecule has 32 heavy (non-hydrogen) atoms. The number of benzene rings is 1. The first-order valence-corrected chi connectivity index (χ1v) is 13.6. The van der Waals surface area contributed by atoms with E-state index in [4.69, 9.17) is 21.7 Å². The first-order valence-electron chi connectivity index (χ1n) is 13.2. The van der Waals surface area contributed by atoms with Crippen LogP contribution in [-0.4, -0.2) is 17.8 Å². The Morgan fingerprint density at radius 2 is 1.47 bits per heavy atom. The van der Waals surface area contributed by atoms with Crippen molar-refractivity contribution in [2.24, 2.45) is 11.8 Å². The van der Waals surface area contributed by atoms with Gasteiger partial charge in [0.15, 0.2) is 5.05 Å². The number of rotatable bonds is 16. The number of unbranched alkanes of at least 4 members (excludes halogenated alkanes) is 7. The molecule has 0 amide bonds. The van der Waals surface area contributed by atoms with Gasteiger partial charge in [0.05, 0.1) is 0 Å². The Hall–Kier alpha value is -1.16. The topological polar surface area (TPSA) is 18.5 Å². The predicted molar refractivity (Wildman–Crippen MR) is 138 cm³/mol. The van der Waals surface area contributed by atoms with Gasteiger partial charge in [-0.15, -0.1) is 0 Å². The lowest BCUT2D eigenvalue weighted by molar-refractivity contribution is 0.183. The van der Waals surface area contributed by atoms with Crippen molar-refractivity contribution in [2.75, 3.05) is 6.61 Å². The van der Waals surface area contributed by atoms with Gasteiger partial charge in [0.1, 0.15) is 24.3 Å². The first-order chi connectivity index (χ1) is 15.6. The molecule has 4 heteroatoms. The zero-order chi connectivity index (χ0) is 23.0. The van der Waals surface area contributed by atoms with Crippen LogP contribution >= 0.6 is 12.2 Å². The Kier molecular flexibility index (Phi) is 13.9. The van der Waals surface area contributed by atoms with Crippen molar-refractivity contribution < 1.29 is 13.9 Å². The maximum absolute atomic E-state index is 14.1. The fourth-order valence-electron chi connectivity index (χ4n) is 4.59. The number of thiocarbonyl (C=S) groups is 1. The summed E-state index contributed by atoms with van der Waals surface area (Å²) in [6.07, 6.45) is 17.0. The highest BCUT2D eigenvalue weighted by atomic mass is 32.1. The molecule has 0 radical (unpaired) electrons. The van der Waals surface area contributed by atoms with E-state index in [-0.39, 0.29) is 6.61 Å². The molecular formula is C28H45FO2S. The third-order valence-electron chi connectivity index (χ3n) is 6.74. The second kappa shape index (κ2) is 16.5. The van der Waals surface area contributed by atoms with E-state index in [1.54, 1.807) is 0 Å². The van der Waals surface area contributed by atoms with E-state index < -0.39 is 6.17 Å². The van der Waals surface area contributed by atoms with Crippen LogP contribution in [0.3, 0.4) is 0 Å². The number of hydrogen-bond donors (Lipinski definition) is 0. The Morgan fingerprint density at radius 3 is 2.16 bits per heavy atom. The second-order valence-corrected chi connectivity index (χ2v) is 9.97. The quantitative estimate of drug-likeness (QED) is 0.179. The zero-order valence-corrected chi connectivity index (χ0v) is 21.3. The van der Waals surface area contributed by atoms with Crippen LogP contribution in [0.4, 0.5) is 4.39 Å². The minimum atomic E-state index is -0.901. The van der Waals surface area contributed by atoms with Crippen molar-refractivity contribution >= 4 is 17.3 Å². The second-order valence-electron chi connectivity index (χ2n) is 9.57. The van der Waals surface area contributed by atoms with E-state index in [2.05, 4.69) is 13.8 Å². The van der Waals surface area contributed by atoms with Crippen LogP contribution in [0.5, 0.6) is 11.5 Å². The molecule has 1 fully saturated rings. The third-order valence-corrected chi connectivity index (χ3v) is 7.16. The molecular weight excluding hydrogens is 419 g/mol. The van der Waals surface area contributed by atoms with Crippen LogP contribution in [0.15, 0.2) is 24.3 Å². The highest BCUT2D eigenvalue weighted by Gasteiger charge is 2.25. The highest BCUT2D eigenvalue weighted by Crippen LogP contribution is 2.33. The van der Waals surface area contributed by atoms with Crippen LogP contribution in [0.2, 0.25) is 0 Å². The minimum Gasteiger partial charge on any atom is -0.491 e. The molecule has 0 aromatic heterocycles. The van der Waals surface area contributed by atoms with Gasteiger partial charge >= 0.3 is 0 Å². The van der Waals surface area contributed by atoms with E-state index in [1.165, 1.54) is 64.2 Å². The normalized spacial score (nSPS) is 19.5. The van der Waals surface area contributed by atoms with E-state index in [9.17, 15) is 4.39 Å². The molecule has 1 atom stereocenters. The lowest BCUT2D eigenvalue weighted by Gasteiger charge is -2.28. The number of ether oxygens (including phenoxy) is 2. The summed E-state index contributed by atoms with van der Waals surface area (Å²) in [6, 6.07) is 7.44. The molecule has 1 aromatic carbocycles. The third kappa shape index (κ3) is 11.1. The van der Waals surface area contributed by atoms with Crippen LogP contribution < -0.4 is 9.47 Å². The molecule has 0 spiro atoms. The first kappa shape index (κ1) is 27.1. The maximum Gasteiger partial charge on any atom is 0.170 e. The molecule has 1 aliphatic rings. The summed E-state index contributed by atoms with van der Waals surface area (Å²) in [7, 11) is 0.